The SMILES string of the molecule is CCN(C)C1CN(C(C)C)CC1O. The molecule has 0 bridgehead atoms. The summed E-state index contributed by atoms with van der Waals surface area (Å²) in [5.41, 5.74) is 0. The van der Waals surface area contributed by atoms with Crippen LogP contribution in [0.4, 0.5) is 0 Å². The summed E-state index contributed by atoms with van der Waals surface area (Å²) in [4.78, 5) is 4.56. The van der Waals surface area contributed by atoms with Gasteiger partial charge in [-0.2, -0.15) is 0 Å². The Morgan fingerprint density at radius 3 is 2.46 bits per heavy atom. The van der Waals surface area contributed by atoms with Crippen LogP contribution in [0, 0.1) is 0 Å². The fraction of sp³-hybridized carbons (Fsp3) is 1.00. The molecule has 1 fully saturated rings. The van der Waals surface area contributed by atoms with Crippen molar-refractivity contribution in [2.45, 2.75) is 39.0 Å². The lowest BCUT2D eigenvalue weighted by molar-refractivity contribution is 0.101. The van der Waals surface area contributed by atoms with Crippen LogP contribution in [0.3, 0.4) is 0 Å². The minimum absolute atomic E-state index is 0.174. The van der Waals surface area contributed by atoms with Crippen molar-refractivity contribution in [2.24, 2.45) is 0 Å². The van der Waals surface area contributed by atoms with Gasteiger partial charge in [0.25, 0.3) is 0 Å². The molecule has 1 aliphatic rings. The number of rotatable bonds is 3. The Balaban J connectivity index is 2.51. The van der Waals surface area contributed by atoms with Gasteiger partial charge in [-0.1, -0.05) is 6.92 Å². The van der Waals surface area contributed by atoms with Crippen LogP contribution in [-0.4, -0.2) is 59.8 Å². The molecule has 0 aliphatic carbocycles. The number of hydrogen-bond acceptors (Lipinski definition) is 3. The van der Waals surface area contributed by atoms with Gasteiger partial charge in [0.15, 0.2) is 0 Å². The largest absolute Gasteiger partial charge is 0.390 e. The summed E-state index contributed by atoms with van der Waals surface area (Å²) >= 11 is 0. The molecular formula is C10H22N2O. The molecule has 13 heavy (non-hydrogen) atoms. The third-order valence-electron chi connectivity index (χ3n) is 3.08. The van der Waals surface area contributed by atoms with Crippen molar-refractivity contribution in [3.8, 4) is 0 Å². The van der Waals surface area contributed by atoms with E-state index in [1.165, 1.54) is 0 Å². The topological polar surface area (TPSA) is 26.7 Å². The van der Waals surface area contributed by atoms with Gasteiger partial charge < -0.3 is 5.11 Å². The summed E-state index contributed by atoms with van der Waals surface area (Å²) in [7, 11) is 2.08. The van der Waals surface area contributed by atoms with Crippen molar-refractivity contribution >= 4 is 0 Å². The standard InChI is InChI=1S/C10H22N2O/c1-5-11(4)9-6-12(8(2)3)7-10(9)13/h8-10,13H,5-7H2,1-4H3. The predicted octanol–water partition coefficient (Wildman–Crippen LogP) is 0.392. The van der Waals surface area contributed by atoms with Crippen LogP contribution < -0.4 is 0 Å². The number of hydrogen-bond donors (Lipinski definition) is 1. The van der Waals surface area contributed by atoms with Crippen LogP contribution in [0.2, 0.25) is 0 Å². The Hall–Kier alpha value is -0.120. The Labute approximate surface area is 81.3 Å². The van der Waals surface area contributed by atoms with E-state index in [2.05, 4.69) is 37.6 Å². The number of nitrogens with zero attached hydrogens (tertiary/aromatic N) is 2. The van der Waals surface area contributed by atoms with Crippen LogP contribution in [-0.2, 0) is 0 Å². The zero-order valence-electron chi connectivity index (χ0n) is 9.20. The molecule has 0 radical (unpaired) electrons. The number of β-amino-alcohol motifs (C(OH)–C–C–N with tert-alkyl or cyclic N) is 1. The second-order valence-electron chi connectivity index (χ2n) is 4.26. The fourth-order valence-corrected chi connectivity index (χ4v) is 1.89. The molecule has 0 aromatic heterocycles. The fourth-order valence-electron chi connectivity index (χ4n) is 1.89. The molecule has 0 spiro atoms. The smallest absolute Gasteiger partial charge is 0.0834 e. The summed E-state index contributed by atoms with van der Waals surface area (Å²) < 4.78 is 0. The van der Waals surface area contributed by atoms with E-state index in [4.69, 9.17) is 0 Å². The first-order valence-corrected chi connectivity index (χ1v) is 5.18. The van der Waals surface area contributed by atoms with Gasteiger partial charge in [0.05, 0.1) is 6.10 Å². The first-order valence-electron chi connectivity index (χ1n) is 5.18. The van der Waals surface area contributed by atoms with Gasteiger partial charge in [0, 0.05) is 25.2 Å². The Bertz CT molecular complexity index is 161. The third kappa shape index (κ3) is 2.42. The average Bonchev–Trinajstić information content (AvgIpc) is 2.46. The van der Waals surface area contributed by atoms with E-state index in [-0.39, 0.29) is 6.10 Å². The van der Waals surface area contributed by atoms with Crippen LogP contribution in [0.15, 0.2) is 0 Å². The molecule has 0 aromatic carbocycles. The minimum atomic E-state index is -0.174. The molecule has 2 atom stereocenters. The molecule has 1 saturated heterocycles. The summed E-state index contributed by atoms with van der Waals surface area (Å²) in [6.45, 7) is 9.33. The molecule has 3 heteroatoms. The third-order valence-corrected chi connectivity index (χ3v) is 3.08. The molecular weight excluding hydrogens is 164 g/mol. The maximum atomic E-state index is 9.83. The molecule has 2 unspecified atom stereocenters. The van der Waals surface area contributed by atoms with Gasteiger partial charge in [-0.05, 0) is 27.4 Å². The molecule has 0 aromatic rings. The second-order valence-corrected chi connectivity index (χ2v) is 4.26. The van der Waals surface area contributed by atoms with E-state index >= 15 is 0 Å². The van der Waals surface area contributed by atoms with Crippen molar-refractivity contribution in [3.05, 3.63) is 0 Å². The van der Waals surface area contributed by atoms with E-state index in [1.807, 2.05) is 0 Å². The first-order chi connectivity index (χ1) is 6.06. The number of likely N-dealkylation sites (tertiary alicyclic amines) is 1. The lowest BCUT2D eigenvalue weighted by Crippen LogP contribution is -2.40. The van der Waals surface area contributed by atoms with Crippen molar-refractivity contribution in [2.75, 3.05) is 26.7 Å². The molecule has 0 amide bonds. The highest BCUT2D eigenvalue weighted by Gasteiger charge is 2.34. The first kappa shape index (κ1) is 11.0. The maximum Gasteiger partial charge on any atom is 0.0834 e. The van der Waals surface area contributed by atoms with E-state index in [0.29, 0.717) is 12.1 Å². The number of aliphatic hydroxyl groups excluding tert-OH is 1. The lowest BCUT2D eigenvalue weighted by Gasteiger charge is -2.25. The highest BCUT2D eigenvalue weighted by molar-refractivity contribution is 4.90. The second kappa shape index (κ2) is 4.40. The molecule has 0 saturated carbocycles. The Morgan fingerprint density at radius 2 is 2.08 bits per heavy atom. The van der Waals surface area contributed by atoms with E-state index in [0.717, 1.165) is 19.6 Å². The number of aliphatic hydroxyl groups is 1. The van der Waals surface area contributed by atoms with Crippen LogP contribution in [0.25, 0.3) is 0 Å². The normalized spacial score (nSPS) is 30.7. The van der Waals surface area contributed by atoms with Crippen molar-refractivity contribution in [1.29, 1.82) is 0 Å². The highest BCUT2D eigenvalue weighted by atomic mass is 16.3. The summed E-state index contributed by atoms with van der Waals surface area (Å²) in [6, 6.07) is 0.873. The predicted molar refractivity (Wildman–Crippen MR) is 54.8 cm³/mol. The van der Waals surface area contributed by atoms with Crippen LogP contribution >= 0.6 is 0 Å². The van der Waals surface area contributed by atoms with Gasteiger partial charge in [0.2, 0.25) is 0 Å². The number of likely N-dealkylation sites (N-methyl/N-ethyl adjacent to an activating group) is 1. The van der Waals surface area contributed by atoms with E-state index in [9.17, 15) is 5.11 Å². The zero-order chi connectivity index (χ0) is 10.0. The summed E-state index contributed by atoms with van der Waals surface area (Å²) in [5, 5.41) is 9.83. The van der Waals surface area contributed by atoms with Crippen molar-refractivity contribution < 1.29 is 5.11 Å². The van der Waals surface area contributed by atoms with E-state index < -0.39 is 0 Å². The van der Waals surface area contributed by atoms with Crippen molar-refractivity contribution in [3.63, 3.8) is 0 Å². The Morgan fingerprint density at radius 1 is 1.46 bits per heavy atom. The average molecular weight is 186 g/mol. The minimum Gasteiger partial charge on any atom is -0.390 e. The van der Waals surface area contributed by atoms with Gasteiger partial charge in [-0.25, -0.2) is 0 Å². The van der Waals surface area contributed by atoms with Crippen LogP contribution in [0.5, 0.6) is 0 Å². The maximum absolute atomic E-state index is 9.83. The summed E-state index contributed by atoms with van der Waals surface area (Å²) in [6.07, 6.45) is -0.174. The molecule has 78 valence electrons. The van der Waals surface area contributed by atoms with Gasteiger partial charge in [0.1, 0.15) is 0 Å². The molecule has 3 nitrogen and oxygen atoms in total. The van der Waals surface area contributed by atoms with Crippen molar-refractivity contribution in [1.82, 2.24) is 9.80 Å². The highest BCUT2D eigenvalue weighted by Crippen LogP contribution is 2.17. The Kier molecular flexibility index (Phi) is 3.71. The van der Waals surface area contributed by atoms with Gasteiger partial charge >= 0.3 is 0 Å². The zero-order valence-corrected chi connectivity index (χ0v) is 9.20. The lowest BCUT2D eigenvalue weighted by atomic mass is 10.2. The van der Waals surface area contributed by atoms with Gasteiger partial charge in [-0.3, -0.25) is 9.80 Å². The van der Waals surface area contributed by atoms with Gasteiger partial charge in [-0.15, -0.1) is 0 Å². The van der Waals surface area contributed by atoms with E-state index in [1.54, 1.807) is 0 Å². The quantitative estimate of drug-likeness (QED) is 0.691. The monoisotopic (exact) mass is 186 g/mol. The summed E-state index contributed by atoms with van der Waals surface area (Å²) in [5.74, 6) is 0. The van der Waals surface area contributed by atoms with Crippen LogP contribution in [0.1, 0.15) is 20.8 Å². The molecule has 1 rings (SSSR count). The molecule has 1 aliphatic heterocycles. The molecule has 1 heterocycles. The molecule has 1 N–H and O–H groups in total.